The third-order valence-electron chi connectivity index (χ3n) is 2.89. The van der Waals surface area contributed by atoms with Crippen molar-refractivity contribution in [3.05, 3.63) is 45.1 Å². The third-order valence-corrected chi connectivity index (χ3v) is 4.51. The van der Waals surface area contributed by atoms with E-state index in [0.717, 1.165) is 3.79 Å². The number of amides is 2. The van der Waals surface area contributed by atoms with Gasteiger partial charge in [0.15, 0.2) is 0 Å². The molecule has 0 fully saturated rings. The Morgan fingerprint density at radius 1 is 1.12 bits per heavy atom. The fraction of sp³-hybridized carbons (Fsp3) is 0.188. The summed E-state index contributed by atoms with van der Waals surface area (Å²) in [6.45, 7) is 2.96. The standard InChI is InChI=1S/C16H15BrN2O4S/c1-9(18-15(21)13-7-8-14(17)24-13)16(22)23-12-5-3-11(4-6-12)19-10(2)20/h3-9H,1-2H3,(H,18,21)(H,19,20). The number of ether oxygens (including phenoxy) is 1. The van der Waals surface area contributed by atoms with Crippen LogP contribution in [0.4, 0.5) is 5.69 Å². The second-order valence-corrected chi connectivity index (χ2v) is 7.39. The van der Waals surface area contributed by atoms with Gasteiger partial charge in [-0.15, -0.1) is 11.3 Å². The molecule has 1 aromatic carbocycles. The topological polar surface area (TPSA) is 84.5 Å². The smallest absolute Gasteiger partial charge is 0.333 e. The number of hydrogen-bond acceptors (Lipinski definition) is 5. The molecule has 0 aliphatic carbocycles. The third kappa shape index (κ3) is 5.17. The first-order valence-corrected chi connectivity index (χ1v) is 8.61. The van der Waals surface area contributed by atoms with Crippen LogP contribution < -0.4 is 15.4 Å². The van der Waals surface area contributed by atoms with Crippen molar-refractivity contribution >= 4 is 50.7 Å². The number of rotatable bonds is 5. The lowest BCUT2D eigenvalue weighted by Gasteiger charge is -2.13. The lowest BCUT2D eigenvalue weighted by molar-refractivity contribution is -0.136. The predicted molar refractivity (Wildman–Crippen MR) is 95.3 cm³/mol. The van der Waals surface area contributed by atoms with E-state index in [-0.39, 0.29) is 11.8 Å². The highest BCUT2D eigenvalue weighted by Crippen LogP contribution is 2.22. The second-order valence-electron chi connectivity index (χ2n) is 4.93. The average Bonchev–Trinajstić information content (AvgIpc) is 2.95. The van der Waals surface area contributed by atoms with Crippen molar-refractivity contribution < 1.29 is 19.1 Å². The zero-order chi connectivity index (χ0) is 17.7. The van der Waals surface area contributed by atoms with Gasteiger partial charge in [0.05, 0.1) is 8.66 Å². The summed E-state index contributed by atoms with van der Waals surface area (Å²) in [6.07, 6.45) is 0. The van der Waals surface area contributed by atoms with E-state index < -0.39 is 12.0 Å². The van der Waals surface area contributed by atoms with Gasteiger partial charge in [-0.3, -0.25) is 9.59 Å². The number of carbonyl (C=O) groups excluding carboxylic acids is 3. The largest absolute Gasteiger partial charge is 0.425 e. The second kappa shape index (κ2) is 8.07. The number of nitrogens with one attached hydrogen (secondary N) is 2. The molecule has 0 saturated heterocycles. The normalized spacial score (nSPS) is 11.5. The summed E-state index contributed by atoms with van der Waals surface area (Å²) in [5, 5.41) is 5.20. The molecule has 2 rings (SSSR count). The van der Waals surface area contributed by atoms with Crippen LogP contribution in [0.25, 0.3) is 0 Å². The molecule has 1 heterocycles. The molecule has 0 aliphatic heterocycles. The van der Waals surface area contributed by atoms with Crippen molar-refractivity contribution in [2.24, 2.45) is 0 Å². The van der Waals surface area contributed by atoms with E-state index in [0.29, 0.717) is 16.3 Å². The molecule has 0 spiro atoms. The molecule has 1 atom stereocenters. The Morgan fingerprint density at radius 3 is 2.33 bits per heavy atom. The fourth-order valence-electron chi connectivity index (χ4n) is 1.78. The van der Waals surface area contributed by atoms with Crippen LogP contribution in [0.2, 0.25) is 0 Å². The fourth-order valence-corrected chi connectivity index (χ4v) is 3.07. The quantitative estimate of drug-likeness (QED) is 0.585. The zero-order valence-corrected chi connectivity index (χ0v) is 15.4. The summed E-state index contributed by atoms with van der Waals surface area (Å²) in [5.41, 5.74) is 0.604. The molecule has 2 aromatic rings. The van der Waals surface area contributed by atoms with Crippen LogP contribution in [0, 0.1) is 0 Å². The number of hydrogen-bond donors (Lipinski definition) is 2. The van der Waals surface area contributed by atoms with Gasteiger partial charge in [-0.05, 0) is 59.3 Å². The molecule has 0 aliphatic rings. The maximum absolute atomic E-state index is 12.0. The Kier molecular flexibility index (Phi) is 6.10. The molecule has 6 nitrogen and oxygen atoms in total. The van der Waals surface area contributed by atoms with Crippen molar-refractivity contribution in [3.63, 3.8) is 0 Å². The van der Waals surface area contributed by atoms with E-state index in [4.69, 9.17) is 4.74 Å². The van der Waals surface area contributed by atoms with Crippen LogP contribution >= 0.6 is 27.3 Å². The van der Waals surface area contributed by atoms with Crippen LogP contribution in [-0.4, -0.2) is 23.8 Å². The molecule has 2 amide bonds. The summed E-state index contributed by atoms with van der Waals surface area (Å²) in [4.78, 5) is 35.5. The zero-order valence-electron chi connectivity index (χ0n) is 13.0. The molecular formula is C16H15BrN2O4S. The monoisotopic (exact) mass is 410 g/mol. The van der Waals surface area contributed by atoms with E-state index in [1.807, 2.05) is 0 Å². The van der Waals surface area contributed by atoms with Gasteiger partial charge in [0.2, 0.25) is 5.91 Å². The van der Waals surface area contributed by atoms with Gasteiger partial charge < -0.3 is 15.4 Å². The van der Waals surface area contributed by atoms with Gasteiger partial charge >= 0.3 is 5.97 Å². The summed E-state index contributed by atoms with van der Waals surface area (Å²) in [5.74, 6) is -0.771. The first kappa shape index (κ1) is 18.2. The van der Waals surface area contributed by atoms with Crippen LogP contribution in [0.15, 0.2) is 40.2 Å². The Balaban J connectivity index is 1.91. The van der Waals surface area contributed by atoms with Crippen molar-refractivity contribution in [3.8, 4) is 5.75 Å². The molecule has 24 heavy (non-hydrogen) atoms. The summed E-state index contributed by atoms with van der Waals surface area (Å²) in [6, 6.07) is 9.00. The predicted octanol–water partition coefficient (Wildman–Crippen LogP) is 3.19. The lowest BCUT2D eigenvalue weighted by atomic mass is 10.3. The first-order chi connectivity index (χ1) is 11.3. The molecule has 1 aromatic heterocycles. The van der Waals surface area contributed by atoms with E-state index in [9.17, 15) is 14.4 Å². The molecule has 126 valence electrons. The van der Waals surface area contributed by atoms with Gasteiger partial charge in [-0.25, -0.2) is 4.79 Å². The van der Waals surface area contributed by atoms with E-state index in [2.05, 4.69) is 26.6 Å². The molecular weight excluding hydrogens is 396 g/mol. The average molecular weight is 411 g/mol. The van der Waals surface area contributed by atoms with Crippen molar-refractivity contribution in [2.45, 2.75) is 19.9 Å². The van der Waals surface area contributed by atoms with Crippen LogP contribution in [0.1, 0.15) is 23.5 Å². The van der Waals surface area contributed by atoms with Crippen molar-refractivity contribution in [2.75, 3.05) is 5.32 Å². The van der Waals surface area contributed by atoms with Gasteiger partial charge in [0.1, 0.15) is 11.8 Å². The molecule has 2 N–H and O–H groups in total. The minimum Gasteiger partial charge on any atom is -0.425 e. The van der Waals surface area contributed by atoms with Gasteiger partial charge in [0, 0.05) is 12.6 Å². The summed E-state index contributed by atoms with van der Waals surface area (Å²) in [7, 11) is 0. The number of anilines is 1. The van der Waals surface area contributed by atoms with E-state index in [1.54, 1.807) is 43.3 Å². The molecule has 8 heteroatoms. The summed E-state index contributed by atoms with van der Waals surface area (Å²) < 4.78 is 6.04. The molecule has 1 unspecified atom stereocenters. The lowest BCUT2D eigenvalue weighted by Crippen LogP contribution is -2.40. The Hall–Kier alpha value is -2.19. The summed E-state index contributed by atoms with van der Waals surface area (Å²) >= 11 is 4.56. The maximum atomic E-state index is 12.0. The number of carbonyl (C=O) groups is 3. The highest BCUT2D eigenvalue weighted by molar-refractivity contribution is 9.11. The Bertz CT molecular complexity index is 758. The number of esters is 1. The molecule has 0 radical (unpaired) electrons. The maximum Gasteiger partial charge on any atom is 0.333 e. The first-order valence-electron chi connectivity index (χ1n) is 7.00. The highest BCUT2D eigenvalue weighted by atomic mass is 79.9. The van der Waals surface area contributed by atoms with E-state index in [1.165, 1.54) is 18.3 Å². The number of halogens is 1. The van der Waals surface area contributed by atoms with Crippen LogP contribution in [0.3, 0.4) is 0 Å². The van der Waals surface area contributed by atoms with Crippen molar-refractivity contribution in [1.82, 2.24) is 5.32 Å². The van der Waals surface area contributed by atoms with Gasteiger partial charge in [0.25, 0.3) is 5.91 Å². The number of thiophene rings is 1. The van der Waals surface area contributed by atoms with Crippen LogP contribution in [0.5, 0.6) is 5.75 Å². The van der Waals surface area contributed by atoms with E-state index >= 15 is 0 Å². The van der Waals surface area contributed by atoms with Crippen molar-refractivity contribution in [1.29, 1.82) is 0 Å². The van der Waals surface area contributed by atoms with Gasteiger partial charge in [-0.1, -0.05) is 0 Å². The Labute approximate surface area is 151 Å². The minimum atomic E-state index is -0.798. The molecule has 0 saturated carbocycles. The van der Waals surface area contributed by atoms with Crippen LogP contribution in [-0.2, 0) is 9.59 Å². The van der Waals surface area contributed by atoms with Gasteiger partial charge in [-0.2, -0.15) is 0 Å². The molecule has 0 bridgehead atoms. The number of benzene rings is 1. The minimum absolute atomic E-state index is 0.184. The SMILES string of the molecule is CC(=O)Nc1ccc(OC(=O)C(C)NC(=O)c2ccc(Br)s2)cc1. The Morgan fingerprint density at radius 2 is 1.79 bits per heavy atom. The highest BCUT2D eigenvalue weighted by Gasteiger charge is 2.19.